The summed E-state index contributed by atoms with van der Waals surface area (Å²) in [6, 6.07) is 0. The van der Waals surface area contributed by atoms with E-state index in [1.807, 2.05) is 6.92 Å². The van der Waals surface area contributed by atoms with Gasteiger partial charge in [0.2, 0.25) is 10.0 Å². The van der Waals surface area contributed by atoms with Crippen LogP contribution in [0.1, 0.15) is 19.8 Å². The lowest BCUT2D eigenvalue weighted by Crippen LogP contribution is -2.39. The van der Waals surface area contributed by atoms with Crippen molar-refractivity contribution in [2.24, 2.45) is 0 Å². The van der Waals surface area contributed by atoms with E-state index in [4.69, 9.17) is 10.8 Å². The number of nitrogens with one attached hydrogen (secondary N) is 1. The Morgan fingerprint density at radius 1 is 1.65 bits per heavy atom. The molecular formula is C9H16N4O3S. The van der Waals surface area contributed by atoms with Gasteiger partial charge in [0.1, 0.15) is 4.90 Å². The van der Waals surface area contributed by atoms with Crippen LogP contribution < -0.4 is 10.5 Å². The maximum Gasteiger partial charge on any atom is 0.246 e. The maximum atomic E-state index is 12.0. The van der Waals surface area contributed by atoms with Gasteiger partial charge >= 0.3 is 0 Å². The van der Waals surface area contributed by atoms with Crippen molar-refractivity contribution >= 4 is 15.8 Å². The molecule has 0 atom stereocenters. The van der Waals surface area contributed by atoms with E-state index in [0.717, 1.165) is 0 Å². The highest BCUT2D eigenvalue weighted by Gasteiger charge is 2.46. The van der Waals surface area contributed by atoms with Crippen LogP contribution in [0.4, 0.5) is 5.82 Å². The average molecular weight is 260 g/mol. The van der Waals surface area contributed by atoms with Crippen LogP contribution in [0.2, 0.25) is 0 Å². The fraction of sp³-hybridized carbons (Fsp3) is 0.667. The highest BCUT2D eigenvalue weighted by Crippen LogP contribution is 2.36. The monoisotopic (exact) mass is 260 g/mol. The third kappa shape index (κ3) is 2.28. The molecule has 0 aromatic carbocycles. The van der Waals surface area contributed by atoms with Gasteiger partial charge in [0, 0.05) is 12.7 Å². The predicted molar refractivity (Wildman–Crippen MR) is 61.7 cm³/mol. The molecule has 17 heavy (non-hydrogen) atoms. The molecule has 0 saturated heterocycles. The van der Waals surface area contributed by atoms with Crippen molar-refractivity contribution in [3.8, 4) is 0 Å². The van der Waals surface area contributed by atoms with Gasteiger partial charge in [-0.3, -0.25) is 4.68 Å². The highest BCUT2D eigenvalue weighted by molar-refractivity contribution is 7.89. The molecule has 0 spiro atoms. The Hall–Kier alpha value is -1.12. The Morgan fingerprint density at radius 3 is 2.71 bits per heavy atom. The minimum Gasteiger partial charge on any atom is -0.394 e. The van der Waals surface area contributed by atoms with Gasteiger partial charge in [0.25, 0.3) is 0 Å². The molecule has 7 nitrogen and oxygen atoms in total. The minimum absolute atomic E-state index is 0.0203. The zero-order valence-corrected chi connectivity index (χ0v) is 10.4. The van der Waals surface area contributed by atoms with Crippen molar-refractivity contribution in [3.05, 3.63) is 6.20 Å². The van der Waals surface area contributed by atoms with Crippen LogP contribution in [0, 0.1) is 0 Å². The van der Waals surface area contributed by atoms with Crippen molar-refractivity contribution in [1.29, 1.82) is 0 Å². The van der Waals surface area contributed by atoms with Gasteiger partial charge in [-0.05, 0) is 19.8 Å². The van der Waals surface area contributed by atoms with Crippen molar-refractivity contribution in [1.82, 2.24) is 14.5 Å². The van der Waals surface area contributed by atoms with Crippen molar-refractivity contribution in [3.63, 3.8) is 0 Å². The van der Waals surface area contributed by atoms with E-state index in [0.29, 0.717) is 19.4 Å². The van der Waals surface area contributed by atoms with E-state index in [-0.39, 0.29) is 17.3 Å². The summed E-state index contributed by atoms with van der Waals surface area (Å²) in [6.45, 7) is 2.19. The summed E-state index contributed by atoms with van der Waals surface area (Å²) in [5.41, 5.74) is 4.88. The molecular weight excluding hydrogens is 244 g/mol. The summed E-state index contributed by atoms with van der Waals surface area (Å²) in [7, 11) is -3.71. The van der Waals surface area contributed by atoms with Crippen LogP contribution in [-0.4, -0.2) is 35.5 Å². The number of aliphatic hydroxyl groups is 1. The molecule has 2 rings (SSSR count). The standard InChI is InChI=1S/C9H16N4O3S/c1-2-13-5-7(8(10)11-13)17(15,16)12-9(6-14)3-4-9/h5,12,14H,2-4,6H2,1H3,(H2,10,11). The Kier molecular flexibility index (Phi) is 2.88. The Morgan fingerprint density at radius 2 is 2.29 bits per heavy atom. The molecule has 96 valence electrons. The van der Waals surface area contributed by atoms with Crippen LogP contribution >= 0.6 is 0 Å². The average Bonchev–Trinajstić information content (AvgIpc) is 2.92. The normalized spacial score (nSPS) is 18.2. The van der Waals surface area contributed by atoms with Crippen LogP contribution in [0.3, 0.4) is 0 Å². The molecule has 1 saturated carbocycles. The van der Waals surface area contributed by atoms with Crippen LogP contribution in [0.5, 0.6) is 0 Å². The summed E-state index contributed by atoms with van der Waals surface area (Å²) in [6.07, 6.45) is 2.68. The van der Waals surface area contributed by atoms with Crippen LogP contribution in [0.25, 0.3) is 0 Å². The smallest absolute Gasteiger partial charge is 0.246 e. The molecule has 1 aromatic heterocycles. The number of hydrogen-bond donors (Lipinski definition) is 3. The molecule has 1 heterocycles. The number of aliphatic hydroxyl groups excluding tert-OH is 1. The number of hydrogen-bond acceptors (Lipinski definition) is 5. The van der Waals surface area contributed by atoms with Crippen molar-refractivity contribution in [2.45, 2.75) is 36.7 Å². The molecule has 1 fully saturated rings. The number of aryl methyl sites for hydroxylation is 1. The zero-order valence-electron chi connectivity index (χ0n) is 9.55. The number of nitrogens with zero attached hydrogens (tertiary/aromatic N) is 2. The van der Waals surface area contributed by atoms with E-state index in [1.165, 1.54) is 10.9 Å². The summed E-state index contributed by atoms with van der Waals surface area (Å²) in [5.74, 6) is -0.0203. The lowest BCUT2D eigenvalue weighted by Gasteiger charge is -2.13. The van der Waals surface area contributed by atoms with Gasteiger partial charge in [0.05, 0.1) is 12.1 Å². The van der Waals surface area contributed by atoms with E-state index in [9.17, 15) is 8.42 Å². The second kappa shape index (κ2) is 3.97. The second-order valence-electron chi connectivity index (χ2n) is 4.28. The van der Waals surface area contributed by atoms with Crippen molar-refractivity contribution in [2.75, 3.05) is 12.3 Å². The van der Waals surface area contributed by atoms with Crippen LogP contribution in [0.15, 0.2) is 11.1 Å². The fourth-order valence-corrected chi connectivity index (χ4v) is 3.10. The number of aromatic nitrogens is 2. The number of nitrogens with two attached hydrogens (primary N) is 1. The zero-order chi connectivity index (χ0) is 12.7. The fourth-order valence-electron chi connectivity index (χ4n) is 1.57. The van der Waals surface area contributed by atoms with Gasteiger partial charge in [-0.2, -0.15) is 5.10 Å². The minimum atomic E-state index is -3.71. The number of rotatable bonds is 5. The lowest BCUT2D eigenvalue weighted by molar-refractivity contribution is 0.246. The SMILES string of the molecule is CCn1cc(S(=O)(=O)NC2(CO)CC2)c(N)n1. The molecule has 8 heteroatoms. The number of sulfonamides is 1. The molecule has 0 radical (unpaired) electrons. The Bertz CT molecular complexity index is 518. The van der Waals surface area contributed by atoms with Gasteiger partial charge in [-0.25, -0.2) is 13.1 Å². The van der Waals surface area contributed by atoms with E-state index < -0.39 is 15.6 Å². The first-order valence-electron chi connectivity index (χ1n) is 5.40. The summed E-state index contributed by atoms with van der Waals surface area (Å²) in [4.78, 5) is -0.0286. The first-order valence-corrected chi connectivity index (χ1v) is 6.88. The van der Waals surface area contributed by atoms with Gasteiger partial charge in [0.15, 0.2) is 5.82 Å². The molecule has 0 unspecified atom stereocenters. The molecule has 4 N–H and O–H groups in total. The molecule has 0 bridgehead atoms. The van der Waals surface area contributed by atoms with Gasteiger partial charge in [-0.15, -0.1) is 0 Å². The van der Waals surface area contributed by atoms with Crippen molar-refractivity contribution < 1.29 is 13.5 Å². The van der Waals surface area contributed by atoms with E-state index >= 15 is 0 Å². The molecule has 1 aliphatic rings. The second-order valence-corrected chi connectivity index (χ2v) is 5.93. The molecule has 0 aliphatic heterocycles. The van der Waals surface area contributed by atoms with Gasteiger partial charge < -0.3 is 10.8 Å². The molecule has 1 aromatic rings. The summed E-state index contributed by atoms with van der Waals surface area (Å²) < 4.78 is 28.0. The first-order chi connectivity index (χ1) is 7.92. The van der Waals surface area contributed by atoms with E-state index in [1.54, 1.807) is 0 Å². The van der Waals surface area contributed by atoms with E-state index in [2.05, 4.69) is 9.82 Å². The maximum absolute atomic E-state index is 12.0. The Labute approximate surface area is 99.7 Å². The summed E-state index contributed by atoms with van der Waals surface area (Å²) >= 11 is 0. The third-order valence-corrected chi connectivity index (χ3v) is 4.47. The Balaban J connectivity index is 2.28. The largest absolute Gasteiger partial charge is 0.394 e. The first kappa shape index (κ1) is 12.3. The highest BCUT2D eigenvalue weighted by atomic mass is 32.2. The molecule has 0 amide bonds. The quantitative estimate of drug-likeness (QED) is 0.647. The lowest BCUT2D eigenvalue weighted by atomic mass is 10.3. The number of nitrogen functional groups attached to an aromatic ring is 1. The number of anilines is 1. The van der Waals surface area contributed by atoms with Crippen LogP contribution in [-0.2, 0) is 16.6 Å². The summed E-state index contributed by atoms with van der Waals surface area (Å²) in [5, 5.41) is 13.0. The predicted octanol–water partition coefficient (Wildman–Crippen LogP) is -0.712. The topological polar surface area (TPSA) is 110 Å². The third-order valence-electron chi connectivity index (χ3n) is 2.88. The van der Waals surface area contributed by atoms with Gasteiger partial charge in [-0.1, -0.05) is 0 Å². The molecule has 1 aliphatic carbocycles.